The summed E-state index contributed by atoms with van der Waals surface area (Å²) in [5.74, 6) is -0.360. The van der Waals surface area contributed by atoms with Gasteiger partial charge in [0, 0.05) is 17.1 Å². The van der Waals surface area contributed by atoms with Gasteiger partial charge < -0.3 is 9.30 Å². The Morgan fingerprint density at radius 2 is 2.05 bits per heavy atom. The molecule has 1 aromatic carbocycles. The normalized spacial score (nSPS) is 10.4. The first kappa shape index (κ1) is 13.8. The van der Waals surface area contributed by atoms with Crippen LogP contribution in [0.1, 0.15) is 5.69 Å². The van der Waals surface area contributed by atoms with Crippen molar-refractivity contribution >= 4 is 17.0 Å². The van der Waals surface area contributed by atoms with Crippen LogP contribution in [0.5, 0.6) is 0 Å². The fourth-order valence-corrected chi connectivity index (χ4v) is 2.40. The summed E-state index contributed by atoms with van der Waals surface area (Å²) < 4.78 is 6.43. The minimum atomic E-state index is -0.360. The van der Waals surface area contributed by atoms with E-state index in [0.717, 1.165) is 16.5 Å². The van der Waals surface area contributed by atoms with Crippen molar-refractivity contribution < 1.29 is 9.53 Å². The predicted octanol–water partition coefficient (Wildman–Crippen LogP) is 2.75. The maximum atomic E-state index is 11.6. The van der Waals surface area contributed by atoms with Crippen LogP contribution in [-0.2, 0) is 16.1 Å². The van der Waals surface area contributed by atoms with E-state index in [4.69, 9.17) is 10.00 Å². The van der Waals surface area contributed by atoms with Crippen molar-refractivity contribution in [3.63, 3.8) is 0 Å². The molecule has 0 atom stereocenters. The quantitative estimate of drug-likeness (QED) is 0.696. The van der Waals surface area contributed by atoms with Crippen molar-refractivity contribution in [3.8, 4) is 17.2 Å². The first-order chi connectivity index (χ1) is 10.7. The van der Waals surface area contributed by atoms with E-state index in [1.807, 2.05) is 48.7 Å². The van der Waals surface area contributed by atoms with Crippen LogP contribution in [0.4, 0.5) is 0 Å². The highest BCUT2D eigenvalue weighted by Gasteiger charge is 2.14. The Kier molecular flexibility index (Phi) is 3.58. The molecular formula is C17H13N3O2. The number of carbonyl (C=O) groups is 1. The van der Waals surface area contributed by atoms with Crippen molar-refractivity contribution in [1.82, 2.24) is 9.55 Å². The monoisotopic (exact) mass is 291 g/mol. The summed E-state index contributed by atoms with van der Waals surface area (Å²) in [6.07, 6.45) is 1.87. The molecule has 0 aliphatic carbocycles. The lowest BCUT2D eigenvalue weighted by Crippen LogP contribution is -2.11. The van der Waals surface area contributed by atoms with Crippen LogP contribution in [-0.4, -0.2) is 22.6 Å². The highest BCUT2D eigenvalue weighted by molar-refractivity contribution is 5.95. The summed E-state index contributed by atoms with van der Waals surface area (Å²) in [5.41, 5.74) is 2.92. The number of rotatable bonds is 3. The summed E-state index contributed by atoms with van der Waals surface area (Å²) in [6.45, 7) is 0.0573. The molecule has 22 heavy (non-hydrogen) atoms. The van der Waals surface area contributed by atoms with Gasteiger partial charge in [0.25, 0.3) is 0 Å². The average Bonchev–Trinajstić information content (AvgIpc) is 2.93. The van der Waals surface area contributed by atoms with Crippen LogP contribution < -0.4 is 0 Å². The van der Waals surface area contributed by atoms with E-state index in [-0.39, 0.29) is 12.5 Å². The molecule has 2 aromatic heterocycles. The summed E-state index contributed by atoms with van der Waals surface area (Å²) in [6, 6.07) is 15.4. The van der Waals surface area contributed by atoms with Crippen LogP contribution in [0.3, 0.4) is 0 Å². The highest BCUT2D eigenvalue weighted by Crippen LogP contribution is 2.29. The van der Waals surface area contributed by atoms with Gasteiger partial charge in [-0.1, -0.05) is 30.3 Å². The topological polar surface area (TPSA) is 67.9 Å². The SMILES string of the molecule is COC(=O)Cn1cc(-c2ccccc2)c2ccc(C#N)nc21. The molecule has 3 aromatic rings. The van der Waals surface area contributed by atoms with Crippen molar-refractivity contribution in [2.24, 2.45) is 0 Å². The number of esters is 1. The molecule has 2 heterocycles. The van der Waals surface area contributed by atoms with E-state index in [0.29, 0.717) is 11.3 Å². The summed E-state index contributed by atoms with van der Waals surface area (Å²) in [7, 11) is 1.35. The number of carbonyl (C=O) groups excluding carboxylic acids is 1. The highest BCUT2D eigenvalue weighted by atomic mass is 16.5. The maximum absolute atomic E-state index is 11.6. The summed E-state index contributed by atoms with van der Waals surface area (Å²) >= 11 is 0. The number of pyridine rings is 1. The molecule has 0 radical (unpaired) electrons. The standard InChI is InChI=1S/C17H13N3O2/c1-22-16(21)11-20-10-15(12-5-3-2-4-6-12)14-8-7-13(9-18)19-17(14)20/h2-8,10H,11H2,1H3. The number of ether oxygens (including phenoxy) is 1. The largest absolute Gasteiger partial charge is 0.468 e. The number of methoxy groups -OCH3 is 1. The number of fused-ring (bicyclic) bond motifs is 1. The second-order valence-electron chi connectivity index (χ2n) is 4.79. The van der Waals surface area contributed by atoms with Crippen LogP contribution in [0, 0.1) is 11.3 Å². The Balaban J connectivity index is 2.22. The van der Waals surface area contributed by atoms with Gasteiger partial charge in [-0.05, 0) is 17.7 Å². The second kappa shape index (κ2) is 5.70. The van der Waals surface area contributed by atoms with E-state index in [1.165, 1.54) is 7.11 Å². The fourth-order valence-electron chi connectivity index (χ4n) is 2.40. The lowest BCUT2D eigenvalue weighted by atomic mass is 10.1. The van der Waals surface area contributed by atoms with Crippen LogP contribution >= 0.6 is 0 Å². The molecule has 5 nitrogen and oxygen atoms in total. The zero-order chi connectivity index (χ0) is 15.5. The second-order valence-corrected chi connectivity index (χ2v) is 4.79. The Labute approximate surface area is 127 Å². The van der Waals surface area contributed by atoms with E-state index in [9.17, 15) is 4.79 Å². The first-order valence-electron chi connectivity index (χ1n) is 6.75. The number of nitrogens with zero attached hydrogens (tertiary/aromatic N) is 3. The van der Waals surface area contributed by atoms with Crippen LogP contribution in [0.25, 0.3) is 22.2 Å². The number of benzene rings is 1. The van der Waals surface area contributed by atoms with Gasteiger partial charge >= 0.3 is 5.97 Å². The van der Waals surface area contributed by atoms with Crippen LogP contribution in [0.15, 0.2) is 48.7 Å². The summed E-state index contributed by atoms with van der Waals surface area (Å²) in [5, 5.41) is 9.92. The molecule has 0 saturated carbocycles. The van der Waals surface area contributed by atoms with Gasteiger partial charge in [-0.3, -0.25) is 4.79 Å². The fraction of sp³-hybridized carbons (Fsp3) is 0.118. The molecule has 0 aliphatic heterocycles. The molecule has 5 heteroatoms. The van der Waals surface area contributed by atoms with Gasteiger partial charge in [0.15, 0.2) is 0 Å². The number of nitriles is 1. The molecule has 0 amide bonds. The Morgan fingerprint density at radius 3 is 2.73 bits per heavy atom. The Hall–Kier alpha value is -3.13. The van der Waals surface area contributed by atoms with E-state index >= 15 is 0 Å². The predicted molar refractivity (Wildman–Crippen MR) is 81.9 cm³/mol. The third-order valence-electron chi connectivity index (χ3n) is 3.45. The maximum Gasteiger partial charge on any atom is 0.325 e. The van der Waals surface area contributed by atoms with Crippen molar-refractivity contribution in [2.75, 3.05) is 7.11 Å². The minimum Gasteiger partial charge on any atom is -0.468 e. The molecule has 0 fully saturated rings. The van der Waals surface area contributed by atoms with Gasteiger partial charge in [-0.25, -0.2) is 4.98 Å². The van der Waals surface area contributed by atoms with Gasteiger partial charge in [0.1, 0.15) is 24.0 Å². The van der Waals surface area contributed by atoms with Gasteiger partial charge in [0.05, 0.1) is 7.11 Å². The lowest BCUT2D eigenvalue weighted by molar-refractivity contribution is -0.141. The van der Waals surface area contributed by atoms with Gasteiger partial charge in [-0.15, -0.1) is 0 Å². The first-order valence-corrected chi connectivity index (χ1v) is 6.75. The van der Waals surface area contributed by atoms with E-state index in [1.54, 1.807) is 10.6 Å². The molecule has 0 bridgehead atoms. The average molecular weight is 291 g/mol. The molecular weight excluding hydrogens is 278 g/mol. The molecule has 0 aliphatic rings. The van der Waals surface area contributed by atoms with E-state index < -0.39 is 0 Å². The molecule has 0 N–H and O–H groups in total. The van der Waals surface area contributed by atoms with Gasteiger partial charge in [-0.2, -0.15) is 5.26 Å². The van der Waals surface area contributed by atoms with Crippen molar-refractivity contribution in [2.45, 2.75) is 6.54 Å². The number of hydrogen-bond acceptors (Lipinski definition) is 4. The molecule has 0 saturated heterocycles. The lowest BCUT2D eigenvalue weighted by Gasteiger charge is -2.02. The van der Waals surface area contributed by atoms with Crippen LogP contribution in [0.2, 0.25) is 0 Å². The third kappa shape index (κ3) is 2.42. The minimum absolute atomic E-state index is 0.0573. The molecule has 108 valence electrons. The Morgan fingerprint density at radius 1 is 1.27 bits per heavy atom. The summed E-state index contributed by atoms with van der Waals surface area (Å²) in [4.78, 5) is 15.9. The smallest absolute Gasteiger partial charge is 0.325 e. The zero-order valence-electron chi connectivity index (χ0n) is 12.0. The molecule has 3 rings (SSSR count). The van der Waals surface area contributed by atoms with E-state index in [2.05, 4.69) is 4.98 Å². The molecule has 0 spiro atoms. The number of hydrogen-bond donors (Lipinski definition) is 0. The zero-order valence-corrected chi connectivity index (χ0v) is 12.0. The van der Waals surface area contributed by atoms with Gasteiger partial charge in [0.2, 0.25) is 0 Å². The van der Waals surface area contributed by atoms with Crippen molar-refractivity contribution in [3.05, 3.63) is 54.4 Å². The molecule has 0 unspecified atom stereocenters. The third-order valence-corrected chi connectivity index (χ3v) is 3.45. The number of aromatic nitrogens is 2. The van der Waals surface area contributed by atoms with Crippen molar-refractivity contribution in [1.29, 1.82) is 5.26 Å². The Bertz CT molecular complexity index is 876.